The van der Waals surface area contributed by atoms with Crippen LogP contribution in [0, 0.1) is 17.8 Å². The number of rotatable bonds is 11. The second-order valence-electron chi connectivity index (χ2n) is 14.1. The number of amides is 3. The monoisotopic (exact) mass is 640 g/mol. The summed E-state index contributed by atoms with van der Waals surface area (Å²) in [6, 6.07) is 17.2. The molecule has 3 amide bonds. The number of carbonyl (C=O) groups is 3. The van der Waals surface area contributed by atoms with Crippen molar-refractivity contribution in [3.8, 4) is 5.75 Å². The molecule has 2 bridgehead atoms. The van der Waals surface area contributed by atoms with E-state index < -0.39 is 29.6 Å². The van der Waals surface area contributed by atoms with Crippen molar-refractivity contribution < 1.29 is 23.9 Å². The molecule has 5 aliphatic rings. The Labute approximate surface area is 278 Å². The number of carbonyl (C=O) groups excluding carboxylic acids is 3. The summed E-state index contributed by atoms with van der Waals surface area (Å²) in [7, 11) is 1.58. The highest BCUT2D eigenvalue weighted by molar-refractivity contribution is 6.02. The molecule has 9 heteroatoms. The van der Waals surface area contributed by atoms with Crippen molar-refractivity contribution in [1.29, 1.82) is 0 Å². The number of nitrogens with one attached hydrogen (secondary N) is 2. The van der Waals surface area contributed by atoms with Gasteiger partial charge in [-0.15, -0.1) is 0 Å². The smallest absolute Gasteiger partial charge is 0.246 e. The van der Waals surface area contributed by atoms with Crippen LogP contribution in [-0.2, 0) is 25.5 Å². The largest absolute Gasteiger partial charge is 0.497 e. The molecule has 5 atom stereocenters. The maximum absolute atomic E-state index is 14.4. The van der Waals surface area contributed by atoms with Crippen LogP contribution in [0.15, 0.2) is 66.7 Å². The minimum atomic E-state index is -1.15. The molecular formula is C38H48N4O5. The van der Waals surface area contributed by atoms with Crippen LogP contribution < -0.4 is 15.4 Å². The normalized spacial score (nSPS) is 29.2. The number of piperidine rings is 1. The third kappa shape index (κ3) is 6.44. The van der Waals surface area contributed by atoms with Gasteiger partial charge in [0.05, 0.1) is 25.0 Å². The molecule has 0 aromatic heterocycles. The molecular weight excluding hydrogens is 592 g/mol. The van der Waals surface area contributed by atoms with Crippen LogP contribution >= 0.6 is 0 Å². The predicted octanol–water partition coefficient (Wildman–Crippen LogP) is 4.58. The molecule has 9 nitrogen and oxygen atoms in total. The zero-order chi connectivity index (χ0) is 32.4. The van der Waals surface area contributed by atoms with Crippen LogP contribution in [0.4, 0.5) is 5.69 Å². The first kappa shape index (κ1) is 31.9. The summed E-state index contributed by atoms with van der Waals surface area (Å²) in [5.41, 5.74) is 0.852. The summed E-state index contributed by atoms with van der Waals surface area (Å²) in [6.45, 7) is 3.42. The number of benzene rings is 2. The van der Waals surface area contributed by atoms with Crippen molar-refractivity contribution in [1.82, 2.24) is 15.1 Å². The summed E-state index contributed by atoms with van der Waals surface area (Å²) >= 11 is 0. The van der Waals surface area contributed by atoms with E-state index in [4.69, 9.17) is 9.47 Å². The molecule has 0 radical (unpaired) electrons. The molecule has 1 saturated carbocycles. The molecule has 250 valence electrons. The van der Waals surface area contributed by atoms with Crippen LogP contribution in [-0.4, -0.2) is 84.6 Å². The summed E-state index contributed by atoms with van der Waals surface area (Å²) < 4.78 is 11.9. The number of fused-ring (bicyclic) bond motifs is 1. The van der Waals surface area contributed by atoms with E-state index in [1.54, 1.807) is 24.1 Å². The lowest BCUT2D eigenvalue weighted by molar-refractivity contribution is -0.141. The third-order valence-electron chi connectivity index (χ3n) is 11.2. The van der Waals surface area contributed by atoms with Gasteiger partial charge in [-0.25, -0.2) is 0 Å². The second kappa shape index (κ2) is 13.8. The summed E-state index contributed by atoms with van der Waals surface area (Å²) in [6.07, 6.45) is 12.7. The van der Waals surface area contributed by atoms with Crippen LogP contribution in [0.3, 0.4) is 0 Å². The Kier molecular flexibility index (Phi) is 9.37. The highest BCUT2D eigenvalue weighted by Crippen LogP contribution is 2.55. The number of nitrogens with zero attached hydrogens (tertiary/aromatic N) is 2. The molecule has 1 spiro atoms. The van der Waals surface area contributed by atoms with Gasteiger partial charge < -0.3 is 29.9 Å². The molecule has 4 fully saturated rings. The van der Waals surface area contributed by atoms with Gasteiger partial charge in [0.1, 0.15) is 17.4 Å². The van der Waals surface area contributed by atoms with Gasteiger partial charge in [-0.3, -0.25) is 14.4 Å². The Hall–Kier alpha value is -3.69. The Morgan fingerprint density at radius 2 is 1.74 bits per heavy atom. The lowest BCUT2D eigenvalue weighted by Gasteiger charge is -2.35. The molecule has 7 rings (SSSR count). The molecule has 47 heavy (non-hydrogen) atoms. The lowest BCUT2D eigenvalue weighted by Crippen LogP contribution is -2.56. The van der Waals surface area contributed by atoms with E-state index in [2.05, 4.69) is 45.9 Å². The Bertz CT molecular complexity index is 1470. The topological polar surface area (TPSA) is 100 Å². The number of hydrogen-bond donors (Lipinski definition) is 2. The summed E-state index contributed by atoms with van der Waals surface area (Å²) in [5, 5.41) is 6.28. The molecule has 1 aliphatic carbocycles. The van der Waals surface area contributed by atoms with Crippen molar-refractivity contribution in [3.05, 3.63) is 72.3 Å². The highest BCUT2D eigenvalue weighted by Gasteiger charge is 2.72. The number of hydrogen-bond acceptors (Lipinski definition) is 6. The van der Waals surface area contributed by atoms with Crippen molar-refractivity contribution >= 4 is 23.4 Å². The molecule has 4 aliphatic heterocycles. The minimum Gasteiger partial charge on any atom is -0.497 e. The van der Waals surface area contributed by atoms with Crippen LogP contribution in [0.2, 0.25) is 0 Å². The zero-order valence-electron chi connectivity index (χ0n) is 27.4. The number of methoxy groups -OCH3 is 1. The highest BCUT2D eigenvalue weighted by atomic mass is 16.5. The fourth-order valence-corrected chi connectivity index (χ4v) is 8.79. The molecule has 3 saturated heterocycles. The summed E-state index contributed by atoms with van der Waals surface area (Å²) in [5.74, 6) is -0.747. The van der Waals surface area contributed by atoms with Crippen LogP contribution in [0.5, 0.6) is 5.75 Å². The van der Waals surface area contributed by atoms with E-state index in [-0.39, 0.29) is 23.8 Å². The van der Waals surface area contributed by atoms with Crippen molar-refractivity contribution in [2.75, 3.05) is 38.6 Å². The Morgan fingerprint density at radius 3 is 2.51 bits per heavy atom. The van der Waals surface area contributed by atoms with Gasteiger partial charge in [0, 0.05) is 24.3 Å². The fourth-order valence-electron chi connectivity index (χ4n) is 8.79. The van der Waals surface area contributed by atoms with Gasteiger partial charge in [-0.1, -0.05) is 67.8 Å². The Morgan fingerprint density at radius 1 is 0.957 bits per heavy atom. The van der Waals surface area contributed by atoms with Crippen molar-refractivity contribution in [2.24, 2.45) is 17.8 Å². The second-order valence-corrected chi connectivity index (χ2v) is 14.1. The van der Waals surface area contributed by atoms with E-state index >= 15 is 0 Å². The summed E-state index contributed by atoms with van der Waals surface area (Å²) in [4.78, 5) is 46.5. The van der Waals surface area contributed by atoms with Crippen molar-refractivity contribution in [3.63, 3.8) is 0 Å². The van der Waals surface area contributed by atoms with Crippen LogP contribution in [0.1, 0.15) is 56.9 Å². The van der Waals surface area contributed by atoms with Gasteiger partial charge in [0.15, 0.2) is 0 Å². The Balaban J connectivity index is 1.04. The first-order valence-corrected chi connectivity index (χ1v) is 17.6. The first-order chi connectivity index (χ1) is 22.9. The lowest BCUT2D eigenvalue weighted by atomic mass is 9.74. The van der Waals surface area contributed by atoms with E-state index in [0.717, 1.165) is 58.2 Å². The predicted molar refractivity (Wildman–Crippen MR) is 180 cm³/mol. The first-order valence-electron chi connectivity index (χ1n) is 17.6. The van der Waals surface area contributed by atoms with E-state index in [1.165, 1.54) is 24.8 Å². The van der Waals surface area contributed by atoms with Gasteiger partial charge in [-0.2, -0.15) is 0 Å². The number of anilines is 1. The third-order valence-corrected chi connectivity index (χ3v) is 11.2. The molecule has 4 heterocycles. The molecule has 2 aromatic carbocycles. The van der Waals surface area contributed by atoms with Gasteiger partial charge in [0.25, 0.3) is 0 Å². The zero-order valence-corrected chi connectivity index (χ0v) is 27.4. The standard InChI is InChI=1S/C38H48N4O5/c1-46-30-15-8-14-29(25-30)40-35(43)32-31-16-19-38(47-31)33(32)37(45)42(34(38)36(44)39-28-12-6-3-7-13-28)21-9-20-41-22-17-27(18-23-41)24-26-10-4-2-5-11-26/h2,4-5,8,10-11,14-16,19,25,27-28,31-34H,3,6-7,9,12-13,17-18,20-24H2,1H3,(H,39,44)(H,40,43)/t31-,32-,33-,34+,38-/m1/s1. The SMILES string of the molecule is COc1cccc(NC(=O)[C@@H]2[C@H]3C=C[C@]4(O3)[C@H](C(=O)NC3CCCCC3)N(CCCN3CCC(Cc5ccccc5)CC3)C(=O)[C@@H]24)c1. The average Bonchev–Trinajstić information content (AvgIpc) is 3.74. The van der Waals surface area contributed by atoms with Gasteiger partial charge >= 0.3 is 0 Å². The van der Waals surface area contributed by atoms with Gasteiger partial charge in [0.2, 0.25) is 17.7 Å². The van der Waals surface area contributed by atoms with E-state index in [0.29, 0.717) is 23.9 Å². The van der Waals surface area contributed by atoms with E-state index in [1.807, 2.05) is 24.3 Å². The number of likely N-dealkylation sites (tertiary alicyclic amines) is 2. The molecule has 2 N–H and O–H groups in total. The molecule has 2 aromatic rings. The van der Waals surface area contributed by atoms with Crippen LogP contribution in [0.25, 0.3) is 0 Å². The number of ether oxygens (including phenoxy) is 2. The van der Waals surface area contributed by atoms with E-state index in [9.17, 15) is 14.4 Å². The maximum Gasteiger partial charge on any atom is 0.246 e. The fraction of sp³-hybridized carbons (Fsp3) is 0.553. The average molecular weight is 641 g/mol. The maximum atomic E-state index is 14.4. The quantitative estimate of drug-likeness (QED) is 0.349. The molecule has 0 unspecified atom stereocenters. The van der Waals surface area contributed by atoms with Gasteiger partial charge in [-0.05, 0) is 81.8 Å². The minimum absolute atomic E-state index is 0.107. The van der Waals surface area contributed by atoms with Crippen molar-refractivity contribution in [2.45, 2.75) is 81.6 Å².